The average Bonchev–Trinajstić information content (AvgIpc) is 3.16. The zero-order valence-corrected chi connectivity index (χ0v) is 11.9. The summed E-state index contributed by atoms with van der Waals surface area (Å²) in [5.41, 5.74) is 2.35. The largest absolute Gasteiger partial charge is 0.370 e. The van der Waals surface area contributed by atoms with Gasteiger partial charge in [-0.3, -0.25) is 4.68 Å². The van der Waals surface area contributed by atoms with Gasteiger partial charge in [-0.15, -0.1) is 0 Å². The molecule has 3 heterocycles. The summed E-state index contributed by atoms with van der Waals surface area (Å²) in [6.07, 6.45) is 6.31. The number of aromatic amines is 1. The van der Waals surface area contributed by atoms with E-state index in [2.05, 4.69) is 42.7 Å². The Kier molecular flexibility index (Phi) is 3.59. The lowest BCUT2D eigenvalue weighted by molar-refractivity contribution is 0.768. The van der Waals surface area contributed by atoms with E-state index in [1.807, 2.05) is 19.3 Å². The van der Waals surface area contributed by atoms with Crippen molar-refractivity contribution in [3.05, 3.63) is 24.7 Å². The lowest BCUT2D eigenvalue weighted by Crippen LogP contribution is -2.04. The van der Waals surface area contributed by atoms with Crippen molar-refractivity contribution in [2.24, 2.45) is 7.05 Å². The Morgan fingerprint density at radius 3 is 2.81 bits per heavy atom. The van der Waals surface area contributed by atoms with E-state index in [0.717, 1.165) is 30.0 Å². The Morgan fingerprint density at radius 1 is 1.24 bits per heavy atom. The number of hydrogen-bond donors (Lipinski definition) is 2. The van der Waals surface area contributed by atoms with E-state index in [9.17, 15) is 0 Å². The Bertz CT molecular complexity index is 716. The molecule has 0 fully saturated rings. The number of aryl methyl sites for hydroxylation is 1. The maximum Gasteiger partial charge on any atom is 0.184 e. The highest BCUT2D eigenvalue weighted by molar-refractivity contribution is 5.65. The molecule has 0 bridgehead atoms. The van der Waals surface area contributed by atoms with Gasteiger partial charge < -0.3 is 5.32 Å². The van der Waals surface area contributed by atoms with Crippen molar-refractivity contribution >= 4 is 5.82 Å². The second kappa shape index (κ2) is 5.70. The quantitative estimate of drug-likeness (QED) is 0.736. The summed E-state index contributed by atoms with van der Waals surface area (Å²) in [4.78, 5) is 9.01. The van der Waals surface area contributed by atoms with E-state index in [0.29, 0.717) is 11.5 Å². The molecule has 0 spiro atoms. The molecule has 3 rings (SSSR count). The van der Waals surface area contributed by atoms with E-state index in [-0.39, 0.29) is 0 Å². The highest BCUT2D eigenvalue weighted by Gasteiger charge is 2.11. The molecule has 0 amide bonds. The summed E-state index contributed by atoms with van der Waals surface area (Å²) < 4.78 is 1.74. The molecule has 21 heavy (non-hydrogen) atoms. The summed E-state index contributed by atoms with van der Waals surface area (Å²) in [6, 6.07) is 1.91. The summed E-state index contributed by atoms with van der Waals surface area (Å²) in [7, 11) is 1.87. The first-order chi connectivity index (χ1) is 10.3. The lowest BCUT2D eigenvalue weighted by atomic mass is 10.2. The summed E-state index contributed by atoms with van der Waals surface area (Å²) in [5.74, 6) is 1.30. The van der Waals surface area contributed by atoms with Crippen LogP contribution in [0.5, 0.6) is 0 Å². The fourth-order valence-corrected chi connectivity index (χ4v) is 1.92. The van der Waals surface area contributed by atoms with Crippen LogP contribution in [0.2, 0.25) is 0 Å². The van der Waals surface area contributed by atoms with Gasteiger partial charge in [0.25, 0.3) is 0 Å². The predicted molar refractivity (Wildman–Crippen MR) is 78.4 cm³/mol. The third-order valence-electron chi connectivity index (χ3n) is 2.93. The van der Waals surface area contributed by atoms with Crippen LogP contribution < -0.4 is 5.32 Å². The van der Waals surface area contributed by atoms with Crippen LogP contribution in [0.4, 0.5) is 5.82 Å². The van der Waals surface area contributed by atoms with Crippen LogP contribution in [0.1, 0.15) is 13.3 Å². The smallest absolute Gasteiger partial charge is 0.184 e. The van der Waals surface area contributed by atoms with E-state index >= 15 is 0 Å². The molecule has 3 aromatic rings. The Hall–Kier alpha value is -2.77. The zero-order chi connectivity index (χ0) is 14.7. The number of aromatic nitrogens is 7. The van der Waals surface area contributed by atoms with Gasteiger partial charge >= 0.3 is 0 Å². The monoisotopic (exact) mass is 284 g/mol. The molecule has 0 atom stereocenters. The molecule has 0 aliphatic rings. The molecule has 0 saturated carbocycles. The molecule has 8 nitrogen and oxygen atoms in total. The second-order valence-corrected chi connectivity index (χ2v) is 4.65. The molecule has 3 aromatic heterocycles. The highest BCUT2D eigenvalue weighted by Crippen LogP contribution is 2.22. The molecular weight excluding hydrogens is 268 g/mol. The fourth-order valence-electron chi connectivity index (χ4n) is 1.92. The van der Waals surface area contributed by atoms with Gasteiger partial charge in [0.2, 0.25) is 0 Å². The number of H-pyrrole nitrogens is 1. The zero-order valence-electron chi connectivity index (χ0n) is 11.9. The van der Waals surface area contributed by atoms with Gasteiger partial charge in [-0.1, -0.05) is 6.92 Å². The molecule has 0 radical (unpaired) electrons. The predicted octanol–water partition coefficient (Wildman–Crippen LogP) is 1.48. The molecule has 0 aromatic carbocycles. The minimum Gasteiger partial charge on any atom is -0.370 e. The summed E-state index contributed by atoms with van der Waals surface area (Å²) >= 11 is 0. The van der Waals surface area contributed by atoms with Crippen molar-refractivity contribution in [3.63, 3.8) is 0 Å². The normalized spacial score (nSPS) is 10.8. The maximum absolute atomic E-state index is 4.54. The van der Waals surface area contributed by atoms with Gasteiger partial charge in [0, 0.05) is 31.4 Å². The standard InChI is InChI=1S/C13H16N8/c1-3-4-14-12-5-10(9-6-16-21(2)8-9)17-13(18-12)11-7-15-20-19-11/h5-8H,3-4H2,1-2H3,(H,14,17,18)(H,15,19,20). The number of anilines is 1. The SMILES string of the molecule is CCCNc1cc(-c2cnn(C)c2)nc(-c2cn[nH]n2)n1. The average molecular weight is 284 g/mol. The van der Waals surface area contributed by atoms with Gasteiger partial charge in [0.05, 0.1) is 18.1 Å². The topological polar surface area (TPSA) is 97.2 Å². The van der Waals surface area contributed by atoms with Crippen LogP contribution in [0.25, 0.3) is 22.8 Å². The van der Waals surface area contributed by atoms with Crippen LogP contribution >= 0.6 is 0 Å². The first-order valence-corrected chi connectivity index (χ1v) is 6.74. The Morgan fingerprint density at radius 2 is 2.14 bits per heavy atom. The molecular formula is C13H16N8. The molecule has 8 heteroatoms. The summed E-state index contributed by atoms with van der Waals surface area (Å²) in [6.45, 7) is 2.95. The number of hydrogen-bond acceptors (Lipinski definition) is 6. The van der Waals surface area contributed by atoms with E-state index < -0.39 is 0 Å². The van der Waals surface area contributed by atoms with Crippen molar-refractivity contribution in [1.29, 1.82) is 0 Å². The van der Waals surface area contributed by atoms with Crippen molar-refractivity contribution in [2.45, 2.75) is 13.3 Å². The van der Waals surface area contributed by atoms with Crippen LogP contribution in [0, 0.1) is 0 Å². The van der Waals surface area contributed by atoms with Crippen molar-refractivity contribution in [1.82, 2.24) is 35.2 Å². The molecule has 0 aliphatic carbocycles. The number of rotatable bonds is 5. The Balaban J connectivity index is 2.04. The minimum absolute atomic E-state index is 0.531. The second-order valence-electron chi connectivity index (χ2n) is 4.65. The van der Waals surface area contributed by atoms with Gasteiger partial charge in [0.1, 0.15) is 11.5 Å². The van der Waals surface area contributed by atoms with Crippen LogP contribution in [-0.2, 0) is 7.05 Å². The maximum atomic E-state index is 4.54. The molecule has 2 N–H and O–H groups in total. The highest BCUT2D eigenvalue weighted by atomic mass is 15.3. The lowest BCUT2D eigenvalue weighted by Gasteiger charge is -2.07. The number of nitrogens with zero attached hydrogens (tertiary/aromatic N) is 6. The van der Waals surface area contributed by atoms with Gasteiger partial charge in [0.15, 0.2) is 5.82 Å². The molecule has 108 valence electrons. The van der Waals surface area contributed by atoms with Crippen LogP contribution in [0.3, 0.4) is 0 Å². The van der Waals surface area contributed by atoms with E-state index in [1.54, 1.807) is 17.1 Å². The van der Waals surface area contributed by atoms with Crippen molar-refractivity contribution in [2.75, 3.05) is 11.9 Å². The molecule has 0 aliphatic heterocycles. The summed E-state index contributed by atoms with van der Waals surface area (Å²) in [5, 5.41) is 17.9. The molecule has 0 saturated heterocycles. The van der Waals surface area contributed by atoms with Gasteiger partial charge in [-0.25, -0.2) is 9.97 Å². The third kappa shape index (κ3) is 2.88. The van der Waals surface area contributed by atoms with Crippen LogP contribution in [0.15, 0.2) is 24.7 Å². The van der Waals surface area contributed by atoms with Gasteiger partial charge in [-0.2, -0.15) is 20.5 Å². The van der Waals surface area contributed by atoms with Crippen molar-refractivity contribution < 1.29 is 0 Å². The third-order valence-corrected chi connectivity index (χ3v) is 2.93. The molecule has 0 unspecified atom stereocenters. The van der Waals surface area contributed by atoms with E-state index in [1.165, 1.54) is 0 Å². The van der Waals surface area contributed by atoms with Crippen molar-refractivity contribution in [3.8, 4) is 22.8 Å². The minimum atomic E-state index is 0.531. The Labute approximate surface area is 121 Å². The van der Waals surface area contributed by atoms with E-state index in [4.69, 9.17) is 0 Å². The first kappa shape index (κ1) is 13.2. The fraction of sp³-hybridized carbons (Fsp3) is 0.308. The first-order valence-electron chi connectivity index (χ1n) is 6.74. The number of nitrogens with one attached hydrogen (secondary N) is 2. The van der Waals surface area contributed by atoms with Gasteiger partial charge in [-0.05, 0) is 6.42 Å². The van der Waals surface area contributed by atoms with Crippen LogP contribution in [-0.4, -0.2) is 41.7 Å².